The molecule has 4 nitrogen and oxygen atoms in total. The molecule has 1 aliphatic heterocycles. The fourth-order valence-electron chi connectivity index (χ4n) is 2.89. The Labute approximate surface area is 128 Å². The van der Waals surface area contributed by atoms with Crippen molar-refractivity contribution in [1.29, 1.82) is 0 Å². The number of hydrogen-bond acceptors (Lipinski definition) is 4. The van der Waals surface area contributed by atoms with Crippen molar-refractivity contribution in [2.45, 2.75) is 45.6 Å². The van der Waals surface area contributed by atoms with Crippen molar-refractivity contribution in [1.82, 2.24) is 9.88 Å². The molecular weight excluding hydrogens is 284 g/mol. The Hall–Kier alpha value is -1.49. The van der Waals surface area contributed by atoms with Crippen LogP contribution in [0.3, 0.4) is 0 Å². The Balaban J connectivity index is 1.78. The number of nitrogens with zero attached hydrogens (tertiary/aromatic N) is 2. The Morgan fingerprint density at radius 3 is 2.24 bits per heavy atom. The van der Waals surface area contributed by atoms with Gasteiger partial charge in [0.05, 0.1) is 24.1 Å². The van der Waals surface area contributed by atoms with Crippen molar-refractivity contribution in [3.05, 3.63) is 28.2 Å². The number of carbonyl (C=O) groups excluding carboxylic acids is 2. The van der Waals surface area contributed by atoms with Gasteiger partial charge in [0.2, 0.25) is 11.8 Å². The molecule has 1 aliphatic carbocycles. The Morgan fingerprint density at radius 2 is 1.76 bits per heavy atom. The number of carbonyl (C=O) groups is 2. The largest absolute Gasteiger partial charge is 0.275 e. The second-order valence-electron chi connectivity index (χ2n) is 6.79. The van der Waals surface area contributed by atoms with Gasteiger partial charge in [0.15, 0.2) is 0 Å². The highest BCUT2D eigenvalue weighted by molar-refractivity contribution is 7.09. The van der Waals surface area contributed by atoms with E-state index < -0.39 is 0 Å². The van der Waals surface area contributed by atoms with Gasteiger partial charge in [-0.2, -0.15) is 0 Å². The van der Waals surface area contributed by atoms with Crippen LogP contribution in [0.5, 0.6) is 0 Å². The van der Waals surface area contributed by atoms with Crippen LogP contribution in [0.2, 0.25) is 0 Å². The van der Waals surface area contributed by atoms with Gasteiger partial charge in [-0.25, -0.2) is 4.98 Å². The van der Waals surface area contributed by atoms with Crippen LogP contribution in [-0.4, -0.2) is 21.7 Å². The predicted molar refractivity (Wildman–Crippen MR) is 81.7 cm³/mol. The van der Waals surface area contributed by atoms with E-state index in [1.807, 2.05) is 17.5 Å². The number of fused-ring (bicyclic) bond motifs is 1. The summed E-state index contributed by atoms with van der Waals surface area (Å²) in [6, 6.07) is 0. The molecule has 3 rings (SSSR count). The third kappa shape index (κ3) is 2.55. The molecule has 5 heteroatoms. The summed E-state index contributed by atoms with van der Waals surface area (Å²) in [6.45, 7) is 6.65. The minimum atomic E-state index is -0.149. The first kappa shape index (κ1) is 14.4. The van der Waals surface area contributed by atoms with Crippen LogP contribution in [0.1, 0.15) is 44.3 Å². The zero-order chi connectivity index (χ0) is 15.2. The van der Waals surface area contributed by atoms with E-state index in [0.29, 0.717) is 19.4 Å². The third-order valence-electron chi connectivity index (χ3n) is 4.21. The highest BCUT2D eigenvalue weighted by Crippen LogP contribution is 2.36. The van der Waals surface area contributed by atoms with Crippen molar-refractivity contribution in [3.63, 3.8) is 0 Å². The zero-order valence-corrected chi connectivity index (χ0v) is 13.4. The first-order chi connectivity index (χ1) is 9.88. The van der Waals surface area contributed by atoms with Gasteiger partial charge >= 0.3 is 0 Å². The minimum Gasteiger partial charge on any atom is -0.275 e. The van der Waals surface area contributed by atoms with Crippen molar-refractivity contribution >= 4 is 23.2 Å². The summed E-state index contributed by atoms with van der Waals surface area (Å²) in [6.07, 6.45) is 5.40. The SMILES string of the molecule is CC(C)(C)c1csc(CN2C(=O)[C@H]3CC=CC[C@H]3C2=O)n1. The van der Waals surface area contributed by atoms with E-state index in [0.717, 1.165) is 10.7 Å². The molecule has 0 aromatic carbocycles. The number of imide groups is 1. The second kappa shape index (κ2) is 5.05. The van der Waals surface area contributed by atoms with Gasteiger partial charge in [-0.3, -0.25) is 14.5 Å². The fourth-order valence-corrected chi connectivity index (χ4v) is 3.90. The maximum Gasteiger partial charge on any atom is 0.233 e. The topological polar surface area (TPSA) is 50.3 Å². The van der Waals surface area contributed by atoms with E-state index in [-0.39, 0.29) is 29.1 Å². The van der Waals surface area contributed by atoms with E-state index in [2.05, 4.69) is 25.8 Å². The average molecular weight is 304 g/mol. The van der Waals surface area contributed by atoms with E-state index in [1.165, 1.54) is 16.2 Å². The van der Waals surface area contributed by atoms with Crippen molar-refractivity contribution < 1.29 is 9.59 Å². The Bertz CT molecular complexity index is 586. The first-order valence-electron chi connectivity index (χ1n) is 7.33. The van der Waals surface area contributed by atoms with Gasteiger partial charge in [0, 0.05) is 10.8 Å². The molecule has 1 aromatic rings. The van der Waals surface area contributed by atoms with Crippen LogP contribution in [0.15, 0.2) is 17.5 Å². The number of allylic oxidation sites excluding steroid dienone is 2. The molecule has 2 heterocycles. The summed E-state index contributed by atoms with van der Waals surface area (Å²) < 4.78 is 0. The van der Waals surface area contributed by atoms with Gasteiger partial charge in [-0.05, 0) is 12.8 Å². The molecule has 1 saturated heterocycles. The molecule has 2 amide bonds. The molecule has 1 aromatic heterocycles. The van der Waals surface area contributed by atoms with Gasteiger partial charge in [-0.1, -0.05) is 32.9 Å². The standard InChI is InChI=1S/C16H20N2O2S/c1-16(2,3)12-9-21-13(17-12)8-18-14(19)10-6-4-5-7-11(10)15(18)20/h4-5,9-11H,6-8H2,1-3H3/t10-,11+. The number of rotatable bonds is 2. The smallest absolute Gasteiger partial charge is 0.233 e. The summed E-state index contributed by atoms with van der Waals surface area (Å²) in [5, 5.41) is 2.86. The molecule has 0 unspecified atom stereocenters. The Morgan fingerprint density at radius 1 is 1.19 bits per heavy atom. The lowest BCUT2D eigenvalue weighted by Crippen LogP contribution is -2.30. The van der Waals surface area contributed by atoms with Gasteiger partial charge in [0.1, 0.15) is 5.01 Å². The number of amides is 2. The lowest BCUT2D eigenvalue weighted by molar-refractivity contribution is -0.140. The lowest BCUT2D eigenvalue weighted by Gasteiger charge is -2.15. The molecule has 0 bridgehead atoms. The average Bonchev–Trinajstić information content (AvgIpc) is 2.99. The van der Waals surface area contributed by atoms with Crippen LogP contribution < -0.4 is 0 Å². The molecule has 21 heavy (non-hydrogen) atoms. The van der Waals surface area contributed by atoms with E-state index in [9.17, 15) is 9.59 Å². The van der Waals surface area contributed by atoms with Gasteiger partial charge in [0.25, 0.3) is 0 Å². The fraction of sp³-hybridized carbons (Fsp3) is 0.562. The predicted octanol–water partition coefficient (Wildman–Crippen LogP) is 2.89. The second-order valence-corrected chi connectivity index (χ2v) is 7.74. The molecule has 2 atom stereocenters. The van der Waals surface area contributed by atoms with Crippen molar-refractivity contribution in [2.24, 2.45) is 11.8 Å². The number of likely N-dealkylation sites (tertiary alicyclic amines) is 1. The molecular formula is C16H20N2O2S. The number of thiazole rings is 1. The van der Waals surface area contributed by atoms with Crippen LogP contribution >= 0.6 is 11.3 Å². The summed E-state index contributed by atoms with van der Waals surface area (Å²) in [7, 11) is 0. The van der Waals surface area contributed by atoms with E-state index in [1.54, 1.807) is 0 Å². The van der Waals surface area contributed by atoms with Crippen LogP contribution in [0, 0.1) is 11.8 Å². The summed E-state index contributed by atoms with van der Waals surface area (Å²) in [5.41, 5.74) is 1.01. The Kier molecular flexibility index (Phi) is 3.48. The monoisotopic (exact) mass is 304 g/mol. The van der Waals surface area contributed by atoms with Crippen LogP contribution in [-0.2, 0) is 21.5 Å². The molecule has 2 aliphatic rings. The maximum atomic E-state index is 12.4. The summed E-state index contributed by atoms with van der Waals surface area (Å²) in [4.78, 5) is 30.8. The maximum absolute atomic E-state index is 12.4. The van der Waals surface area contributed by atoms with E-state index >= 15 is 0 Å². The molecule has 1 fully saturated rings. The van der Waals surface area contributed by atoms with Crippen molar-refractivity contribution in [2.75, 3.05) is 0 Å². The van der Waals surface area contributed by atoms with Crippen LogP contribution in [0.25, 0.3) is 0 Å². The first-order valence-corrected chi connectivity index (χ1v) is 8.21. The zero-order valence-electron chi connectivity index (χ0n) is 12.6. The van der Waals surface area contributed by atoms with Crippen molar-refractivity contribution in [3.8, 4) is 0 Å². The summed E-state index contributed by atoms with van der Waals surface area (Å²) >= 11 is 1.53. The highest BCUT2D eigenvalue weighted by atomic mass is 32.1. The molecule has 0 saturated carbocycles. The normalized spacial score (nSPS) is 25.6. The minimum absolute atomic E-state index is 0.00825. The lowest BCUT2D eigenvalue weighted by atomic mass is 9.85. The highest BCUT2D eigenvalue weighted by Gasteiger charge is 2.47. The number of aromatic nitrogens is 1. The molecule has 0 spiro atoms. The molecule has 112 valence electrons. The third-order valence-corrected chi connectivity index (χ3v) is 5.05. The van der Waals surface area contributed by atoms with E-state index in [4.69, 9.17) is 0 Å². The van der Waals surface area contributed by atoms with Gasteiger partial charge in [-0.15, -0.1) is 11.3 Å². The summed E-state index contributed by atoms with van der Waals surface area (Å²) in [5.74, 6) is -0.349. The number of hydrogen-bond donors (Lipinski definition) is 0. The molecule has 0 N–H and O–H groups in total. The quantitative estimate of drug-likeness (QED) is 0.623. The van der Waals surface area contributed by atoms with Gasteiger partial charge < -0.3 is 0 Å². The molecule has 0 radical (unpaired) electrons. The van der Waals surface area contributed by atoms with Crippen LogP contribution in [0.4, 0.5) is 0 Å².